The van der Waals surface area contributed by atoms with Gasteiger partial charge in [-0.15, -0.1) is 0 Å². The topological polar surface area (TPSA) is 75.6 Å². The second-order valence-electron chi connectivity index (χ2n) is 3.67. The molecule has 0 bridgehead atoms. The Hall–Kier alpha value is -2.30. The van der Waals surface area contributed by atoms with Crippen LogP contribution >= 0.6 is 0 Å². The summed E-state index contributed by atoms with van der Waals surface area (Å²) in [5.41, 5.74) is 0.369. The predicted molar refractivity (Wildman–Crippen MR) is 59.5 cm³/mol. The average molecular weight is 233 g/mol. The Morgan fingerprint density at radius 1 is 1.47 bits per heavy atom. The fourth-order valence-corrected chi connectivity index (χ4v) is 1.52. The Morgan fingerprint density at radius 2 is 2.18 bits per heavy atom. The molecule has 2 N–H and O–H groups in total. The van der Waals surface area contributed by atoms with Crippen LogP contribution in [0.15, 0.2) is 36.4 Å². The first-order valence-electron chi connectivity index (χ1n) is 5.04. The Balaban J connectivity index is 2.11. The molecule has 2 rings (SSSR count). The van der Waals surface area contributed by atoms with E-state index in [-0.39, 0.29) is 23.5 Å². The minimum atomic E-state index is -0.533. The van der Waals surface area contributed by atoms with E-state index in [1.165, 1.54) is 12.1 Å². The summed E-state index contributed by atoms with van der Waals surface area (Å²) in [6.07, 6.45) is 0. The van der Waals surface area contributed by atoms with E-state index in [1.807, 2.05) is 0 Å². The fraction of sp³-hybridized carbons (Fsp3) is 0.167. The van der Waals surface area contributed by atoms with Crippen molar-refractivity contribution in [1.82, 2.24) is 5.32 Å². The number of rotatable bonds is 2. The Bertz CT molecular complexity index is 495. The minimum absolute atomic E-state index is 0.0804. The predicted octanol–water partition coefficient (Wildman–Crippen LogP) is 0.604. The van der Waals surface area contributed by atoms with Gasteiger partial charge in [-0.25, -0.2) is 4.79 Å². The van der Waals surface area contributed by atoms with Gasteiger partial charge in [0.15, 0.2) is 0 Å². The molecule has 1 aromatic carbocycles. The monoisotopic (exact) mass is 233 g/mol. The van der Waals surface area contributed by atoms with Crippen LogP contribution in [0, 0.1) is 0 Å². The summed E-state index contributed by atoms with van der Waals surface area (Å²) in [7, 11) is 0. The highest BCUT2D eigenvalue weighted by Crippen LogP contribution is 2.17. The van der Waals surface area contributed by atoms with E-state index in [2.05, 4.69) is 11.9 Å². The van der Waals surface area contributed by atoms with Crippen molar-refractivity contribution in [3.8, 4) is 5.75 Å². The number of aromatic hydroxyl groups is 1. The molecule has 1 aromatic rings. The number of phenols is 1. The molecule has 1 atom stereocenters. The maximum Gasteiger partial charge on any atom is 0.335 e. The highest BCUT2D eigenvalue weighted by molar-refractivity contribution is 5.99. The van der Waals surface area contributed by atoms with Gasteiger partial charge < -0.3 is 15.2 Å². The van der Waals surface area contributed by atoms with E-state index in [0.29, 0.717) is 0 Å². The first kappa shape index (κ1) is 11.2. The molecule has 5 heteroatoms. The van der Waals surface area contributed by atoms with Gasteiger partial charge in [0.2, 0.25) is 0 Å². The molecule has 0 aromatic heterocycles. The number of carbonyl (C=O) groups excluding carboxylic acids is 2. The van der Waals surface area contributed by atoms with Crippen molar-refractivity contribution in [2.45, 2.75) is 6.04 Å². The third kappa shape index (κ3) is 2.13. The van der Waals surface area contributed by atoms with Crippen molar-refractivity contribution in [1.29, 1.82) is 0 Å². The summed E-state index contributed by atoms with van der Waals surface area (Å²) >= 11 is 0. The van der Waals surface area contributed by atoms with Crippen molar-refractivity contribution in [2.24, 2.45) is 0 Å². The van der Waals surface area contributed by atoms with Crippen LogP contribution < -0.4 is 5.32 Å². The lowest BCUT2D eigenvalue weighted by atomic mass is 10.1. The molecule has 1 amide bonds. The molecule has 1 heterocycles. The third-order valence-electron chi connectivity index (χ3n) is 2.52. The smallest absolute Gasteiger partial charge is 0.335 e. The van der Waals surface area contributed by atoms with Crippen LogP contribution in [0.25, 0.3) is 0 Å². The zero-order valence-corrected chi connectivity index (χ0v) is 8.97. The first-order chi connectivity index (χ1) is 8.09. The number of hydrogen-bond acceptors (Lipinski definition) is 4. The number of phenolic OH excluding ortho intramolecular Hbond substituents is 1. The van der Waals surface area contributed by atoms with Crippen LogP contribution in [0.4, 0.5) is 0 Å². The molecule has 0 spiro atoms. The minimum Gasteiger partial charge on any atom is -0.507 e. The Kier molecular flexibility index (Phi) is 2.82. The SMILES string of the molecule is C=C1C(=O)OC[C@H]1NC(=O)c1ccccc1O. The fourth-order valence-electron chi connectivity index (χ4n) is 1.52. The van der Waals surface area contributed by atoms with Gasteiger partial charge >= 0.3 is 5.97 Å². The normalized spacial score (nSPS) is 18.9. The molecule has 5 nitrogen and oxygen atoms in total. The zero-order valence-electron chi connectivity index (χ0n) is 8.97. The highest BCUT2D eigenvalue weighted by Gasteiger charge is 2.30. The molecule has 0 radical (unpaired) electrons. The van der Waals surface area contributed by atoms with E-state index in [0.717, 1.165) is 0 Å². The molecular formula is C12H11NO4. The summed E-state index contributed by atoms with van der Waals surface area (Å²) in [5.74, 6) is -1.08. The molecule has 0 saturated carbocycles. The van der Waals surface area contributed by atoms with Gasteiger partial charge in [-0.1, -0.05) is 18.7 Å². The first-order valence-corrected chi connectivity index (χ1v) is 5.04. The van der Waals surface area contributed by atoms with Crippen LogP contribution in [0.3, 0.4) is 0 Å². The second-order valence-corrected chi connectivity index (χ2v) is 3.67. The number of nitrogens with one attached hydrogen (secondary N) is 1. The van der Waals surface area contributed by atoms with Crippen LogP contribution in [0.2, 0.25) is 0 Å². The van der Waals surface area contributed by atoms with Crippen molar-refractivity contribution in [3.05, 3.63) is 42.0 Å². The number of esters is 1. The van der Waals surface area contributed by atoms with E-state index in [1.54, 1.807) is 12.1 Å². The Morgan fingerprint density at radius 3 is 2.76 bits per heavy atom. The van der Waals surface area contributed by atoms with Gasteiger partial charge in [-0.2, -0.15) is 0 Å². The van der Waals surface area contributed by atoms with Gasteiger partial charge in [0.1, 0.15) is 12.4 Å². The molecule has 17 heavy (non-hydrogen) atoms. The lowest BCUT2D eigenvalue weighted by molar-refractivity contribution is -0.135. The maximum atomic E-state index is 11.8. The summed E-state index contributed by atoms with van der Waals surface area (Å²) in [6.45, 7) is 3.61. The summed E-state index contributed by atoms with van der Waals surface area (Å²) in [6, 6.07) is 5.63. The molecule has 1 fully saturated rings. The quantitative estimate of drug-likeness (QED) is 0.579. The lowest BCUT2D eigenvalue weighted by Gasteiger charge is -2.11. The second kappa shape index (κ2) is 4.29. The zero-order chi connectivity index (χ0) is 12.4. The Labute approximate surface area is 97.7 Å². The third-order valence-corrected chi connectivity index (χ3v) is 2.52. The summed E-state index contributed by atoms with van der Waals surface area (Å²) in [5, 5.41) is 12.1. The number of cyclic esters (lactones) is 1. The molecule has 88 valence electrons. The largest absolute Gasteiger partial charge is 0.507 e. The number of hydrogen-bond donors (Lipinski definition) is 2. The molecule has 0 unspecified atom stereocenters. The van der Waals surface area contributed by atoms with Gasteiger partial charge in [0, 0.05) is 0 Å². The van der Waals surface area contributed by atoms with Gasteiger partial charge in [0.25, 0.3) is 5.91 Å². The van der Waals surface area contributed by atoms with Crippen LogP contribution in [0.1, 0.15) is 10.4 Å². The van der Waals surface area contributed by atoms with E-state index >= 15 is 0 Å². The lowest BCUT2D eigenvalue weighted by Crippen LogP contribution is -2.36. The molecular weight excluding hydrogens is 222 g/mol. The number of amides is 1. The van der Waals surface area contributed by atoms with Gasteiger partial charge in [0.05, 0.1) is 17.2 Å². The van der Waals surface area contributed by atoms with Crippen molar-refractivity contribution < 1.29 is 19.4 Å². The maximum absolute atomic E-state index is 11.8. The number of para-hydroxylation sites is 1. The van der Waals surface area contributed by atoms with Crippen molar-refractivity contribution in [3.63, 3.8) is 0 Å². The molecule has 1 saturated heterocycles. The van der Waals surface area contributed by atoms with Crippen LogP contribution in [0.5, 0.6) is 5.75 Å². The van der Waals surface area contributed by atoms with E-state index in [4.69, 9.17) is 4.74 Å². The standard InChI is InChI=1S/C12H11NO4/c1-7-9(6-17-12(7)16)13-11(15)8-4-2-3-5-10(8)14/h2-5,9,14H,1,6H2,(H,13,15)/t9-/m1/s1. The van der Waals surface area contributed by atoms with Gasteiger partial charge in [-0.05, 0) is 12.1 Å². The number of carbonyl (C=O) groups is 2. The molecule has 1 aliphatic rings. The summed E-state index contributed by atoms with van der Waals surface area (Å²) < 4.78 is 4.73. The summed E-state index contributed by atoms with van der Waals surface area (Å²) in [4.78, 5) is 22.8. The number of ether oxygens (including phenoxy) is 1. The van der Waals surface area contributed by atoms with Gasteiger partial charge in [-0.3, -0.25) is 4.79 Å². The number of benzene rings is 1. The van der Waals surface area contributed by atoms with Crippen molar-refractivity contribution in [2.75, 3.05) is 6.61 Å². The van der Waals surface area contributed by atoms with E-state index < -0.39 is 17.9 Å². The van der Waals surface area contributed by atoms with Crippen LogP contribution in [-0.2, 0) is 9.53 Å². The highest BCUT2D eigenvalue weighted by atomic mass is 16.5. The van der Waals surface area contributed by atoms with Crippen LogP contribution in [-0.4, -0.2) is 29.6 Å². The van der Waals surface area contributed by atoms with Crippen molar-refractivity contribution >= 4 is 11.9 Å². The average Bonchev–Trinajstić information content (AvgIpc) is 2.61. The molecule has 1 aliphatic heterocycles. The molecule has 0 aliphatic carbocycles. The van der Waals surface area contributed by atoms with E-state index in [9.17, 15) is 14.7 Å².